The van der Waals surface area contributed by atoms with Gasteiger partial charge in [0.25, 0.3) is 0 Å². The van der Waals surface area contributed by atoms with E-state index >= 15 is 0 Å². The molecule has 5 heteroatoms. The summed E-state index contributed by atoms with van der Waals surface area (Å²) < 4.78 is 0. The van der Waals surface area contributed by atoms with E-state index in [1.54, 1.807) is 0 Å². The molecule has 0 spiro atoms. The summed E-state index contributed by atoms with van der Waals surface area (Å²) in [6.45, 7) is 10.7. The quantitative estimate of drug-likeness (QED) is 0.925. The van der Waals surface area contributed by atoms with Gasteiger partial charge in [-0.25, -0.2) is 4.79 Å². The molecule has 1 aliphatic rings. The van der Waals surface area contributed by atoms with Crippen LogP contribution in [0.3, 0.4) is 0 Å². The highest BCUT2D eigenvalue weighted by atomic mass is 16.2. The molecule has 1 aromatic carbocycles. The lowest BCUT2D eigenvalue weighted by molar-refractivity contribution is -0.130. The predicted octanol–water partition coefficient (Wildman–Crippen LogP) is 2.50. The van der Waals surface area contributed by atoms with E-state index in [-0.39, 0.29) is 18.0 Å². The van der Waals surface area contributed by atoms with Gasteiger partial charge in [-0.15, -0.1) is 0 Å². The minimum Gasteiger partial charge on any atom is -0.341 e. The molecule has 2 rings (SSSR count). The number of benzene rings is 1. The van der Waals surface area contributed by atoms with Crippen LogP contribution >= 0.6 is 0 Å². The molecule has 0 saturated carbocycles. The van der Waals surface area contributed by atoms with E-state index in [9.17, 15) is 9.59 Å². The van der Waals surface area contributed by atoms with Gasteiger partial charge in [-0.2, -0.15) is 0 Å². The first kappa shape index (κ1) is 18.3. The Labute approximate surface area is 145 Å². The lowest BCUT2D eigenvalue weighted by Gasteiger charge is -2.23. The van der Waals surface area contributed by atoms with E-state index in [1.807, 2.05) is 29.7 Å². The van der Waals surface area contributed by atoms with Crippen LogP contribution in [0.15, 0.2) is 18.2 Å². The zero-order valence-electron chi connectivity index (χ0n) is 15.3. The lowest BCUT2D eigenvalue weighted by Crippen LogP contribution is -2.45. The molecule has 1 aliphatic heterocycles. The molecule has 1 N–H and O–H groups in total. The van der Waals surface area contributed by atoms with Crippen LogP contribution in [0, 0.1) is 13.8 Å². The molecule has 0 atom stereocenters. The predicted molar refractivity (Wildman–Crippen MR) is 96.1 cm³/mol. The van der Waals surface area contributed by atoms with Crippen molar-refractivity contribution in [2.45, 2.75) is 46.6 Å². The van der Waals surface area contributed by atoms with Gasteiger partial charge in [-0.3, -0.25) is 4.79 Å². The van der Waals surface area contributed by atoms with Crippen LogP contribution in [0.25, 0.3) is 0 Å². The third kappa shape index (κ3) is 4.98. The summed E-state index contributed by atoms with van der Waals surface area (Å²) in [5.74, 6) is 0.143. The Bertz CT molecular complexity index is 598. The number of nitrogens with zero attached hydrogens (tertiary/aromatic N) is 2. The third-order valence-corrected chi connectivity index (χ3v) is 4.47. The van der Waals surface area contributed by atoms with Gasteiger partial charge in [-0.1, -0.05) is 18.2 Å². The standard InChI is InChI=1S/C19H29N3O2/c1-14(2)20-19(24)22-9-5-8-21(10-11-22)18(23)13-17-7-6-15(3)16(4)12-17/h6-7,12,14H,5,8-11,13H2,1-4H3,(H,20,24). The average Bonchev–Trinajstić information content (AvgIpc) is 2.76. The number of carbonyl (C=O) groups excluding carboxylic acids is 2. The van der Waals surface area contributed by atoms with E-state index in [1.165, 1.54) is 11.1 Å². The monoisotopic (exact) mass is 331 g/mol. The molecule has 0 aliphatic carbocycles. The second-order valence-corrected chi connectivity index (χ2v) is 6.92. The highest BCUT2D eigenvalue weighted by Crippen LogP contribution is 2.12. The third-order valence-electron chi connectivity index (χ3n) is 4.47. The first-order chi connectivity index (χ1) is 11.4. The second kappa shape index (κ2) is 8.18. The van der Waals surface area contributed by atoms with Crippen molar-refractivity contribution >= 4 is 11.9 Å². The van der Waals surface area contributed by atoms with Crippen molar-refractivity contribution in [3.05, 3.63) is 34.9 Å². The molecule has 0 aromatic heterocycles. The maximum atomic E-state index is 12.6. The van der Waals surface area contributed by atoms with Crippen molar-refractivity contribution < 1.29 is 9.59 Å². The van der Waals surface area contributed by atoms with Crippen LogP contribution < -0.4 is 5.32 Å². The Balaban J connectivity index is 1.91. The minimum atomic E-state index is -0.0338. The maximum Gasteiger partial charge on any atom is 0.317 e. The van der Waals surface area contributed by atoms with Crippen molar-refractivity contribution in [1.29, 1.82) is 0 Å². The smallest absolute Gasteiger partial charge is 0.317 e. The Hall–Kier alpha value is -2.04. The molecule has 132 valence electrons. The van der Waals surface area contributed by atoms with Crippen molar-refractivity contribution in [2.24, 2.45) is 0 Å². The molecule has 1 heterocycles. The van der Waals surface area contributed by atoms with Gasteiger partial charge in [0.15, 0.2) is 0 Å². The molecular weight excluding hydrogens is 302 g/mol. The van der Waals surface area contributed by atoms with Gasteiger partial charge in [0.1, 0.15) is 0 Å². The molecule has 5 nitrogen and oxygen atoms in total. The average molecular weight is 331 g/mol. The number of nitrogens with one attached hydrogen (secondary N) is 1. The number of amides is 3. The summed E-state index contributed by atoms with van der Waals surface area (Å²) in [5, 5.41) is 2.92. The molecular formula is C19H29N3O2. The van der Waals surface area contributed by atoms with Gasteiger partial charge in [0, 0.05) is 32.2 Å². The minimum absolute atomic E-state index is 0.0338. The van der Waals surface area contributed by atoms with Crippen LogP contribution in [-0.2, 0) is 11.2 Å². The topological polar surface area (TPSA) is 52.7 Å². The molecule has 1 saturated heterocycles. The molecule has 0 bridgehead atoms. The molecule has 1 fully saturated rings. The molecule has 0 radical (unpaired) electrons. The highest BCUT2D eigenvalue weighted by Gasteiger charge is 2.22. The molecule has 1 aromatic rings. The van der Waals surface area contributed by atoms with Crippen molar-refractivity contribution in [3.8, 4) is 0 Å². The SMILES string of the molecule is Cc1ccc(CC(=O)N2CCCN(C(=O)NC(C)C)CC2)cc1C. The highest BCUT2D eigenvalue weighted by molar-refractivity contribution is 5.79. The van der Waals surface area contributed by atoms with Crippen molar-refractivity contribution in [2.75, 3.05) is 26.2 Å². The number of rotatable bonds is 3. The Morgan fingerprint density at radius 1 is 1.04 bits per heavy atom. The summed E-state index contributed by atoms with van der Waals surface area (Å²) in [4.78, 5) is 28.4. The summed E-state index contributed by atoms with van der Waals surface area (Å²) in [6.07, 6.45) is 1.25. The van der Waals surface area contributed by atoms with Crippen LogP contribution in [-0.4, -0.2) is 54.0 Å². The van der Waals surface area contributed by atoms with Gasteiger partial charge in [-0.05, 0) is 50.8 Å². The zero-order chi connectivity index (χ0) is 17.7. The van der Waals surface area contributed by atoms with Gasteiger partial charge < -0.3 is 15.1 Å². The number of hydrogen-bond donors (Lipinski definition) is 1. The van der Waals surface area contributed by atoms with E-state index < -0.39 is 0 Å². The first-order valence-electron chi connectivity index (χ1n) is 8.76. The summed E-state index contributed by atoms with van der Waals surface area (Å²) in [5.41, 5.74) is 3.52. The van der Waals surface area contributed by atoms with E-state index in [2.05, 4.69) is 31.3 Å². The van der Waals surface area contributed by atoms with E-state index in [0.717, 1.165) is 18.5 Å². The molecule has 3 amide bonds. The maximum absolute atomic E-state index is 12.6. The zero-order valence-corrected chi connectivity index (χ0v) is 15.3. The number of aryl methyl sites for hydroxylation is 2. The summed E-state index contributed by atoms with van der Waals surface area (Å²) >= 11 is 0. The van der Waals surface area contributed by atoms with Gasteiger partial charge in [0.05, 0.1) is 6.42 Å². The van der Waals surface area contributed by atoms with Crippen LogP contribution in [0.2, 0.25) is 0 Å². The van der Waals surface area contributed by atoms with Gasteiger partial charge >= 0.3 is 6.03 Å². The fourth-order valence-corrected chi connectivity index (χ4v) is 2.91. The van der Waals surface area contributed by atoms with Gasteiger partial charge in [0.2, 0.25) is 5.91 Å². The Morgan fingerprint density at radius 3 is 2.38 bits per heavy atom. The van der Waals surface area contributed by atoms with E-state index in [4.69, 9.17) is 0 Å². The van der Waals surface area contributed by atoms with Crippen molar-refractivity contribution in [1.82, 2.24) is 15.1 Å². The number of hydrogen-bond acceptors (Lipinski definition) is 2. The fraction of sp³-hybridized carbons (Fsp3) is 0.579. The number of urea groups is 1. The number of carbonyl (C=O) groups is 2. The second-order valence-electron chi connectivity index (χ2n) is 6.92. The Kier molecular flexibility index (Phi) is 6.23. The van der Waals surface area contributed by atoms with Crippen LogP contribution in [0.5, 0.6) is 0 Å². The first-order valence-corrected chi connectivity index (χ1v) is 8.76. The summed E-state index contributed by atoms with van der Waals surface area (Å²) in [6, 6.07) is 6.28. The van der Waals surface area contributed by atoms with Crippen LogP contribution in [0.4, 0.5) is 4.79 Å². The Morgan fingerprint density at radius 2 is 1.71 bits per heavy atom. The molecule has 0 unspecified atom stereocenters. The normalized spacial score (nSPS) is 15.4. The van der Waals surface area contributed by atoms with E-state index in [0.29, 0.717) is 26.1 Å². The van der Waals surface area contributed by atoms with Crippen LogP contribution in [0.1, 0.15) is 37.0 Å². The van der Waals surface area contributed by atoms with Crippen molar-refractivity contribution in [3.63, 3.8) is 0 Å². The lowest BCUT2D eigenvalue weighted by atomic mass is 10.0. The largest absolute Gasteiger partial charge is 0.341 e. The fourth-order valence-electron chi connectivity index (χ4n) is 2.91. The summed E-state index contributed by atoms with van der Waals surface area (Å²) in [7, 11) is 0. The molecule has 24 heavy (non-hydrogen) atoms.